The Hall–Kier alpha value is -4.66. The molecule has 0 saturated carbocycles. The van der Waals surface area contributed by atoms with Crippen LogP contribution in [0.3, 0.4) is 0 Å². The summed E-state index contributed by atoms with van der Waals surface area (Å²) in [7, 11) is 1.97. The molecule has 1 fully saturated rings. The molecule has 9 nitrogen and oxygen atoms in total. The first-order valence-corrected chi connectivity index (χ1v) is 11.2. The van der Waals surface area contributed by atoms with Crippen LogP contribution in [0.25, 0.3) is 21.9 Å². The van der Waals surface area contributed by atoms with E-state index in [0.29, 0.717) is 19.0 Å². The second kappa shape index (κ2) is 8.28. The van der Waals surface area contributed by atoms with Crippen LogP contribution in [-0.2, 0) is 11.8 Å². The zero-order valence-corrected chi connectivity index (χ0v) is 19.2. The first kappa shape index (κ1) is 20.9. The van der Waals surface area contributed by atoms with Gasteiger partial charge in [-0.05, 0) is 61.0 Å². The topological polar surface area (TPSA) is 94.4 Å². The summed E-state index contributed by atoms with van der Waals surface area (Å²) in [5.74, 6) is 2.14. The molecular weight excluding hydrogens is 444 g/mol. The number of cyclic esters (lactones) is 1. The molecule has 35 heavy (non-hydrogen) atoms. The highest BCUT2D eigenvalue weighted by Gasteiger charge is 2.24. The van der Waals surface area contributed by atoms with E-state index in [1.165, 1.54) is 6.33 Å². The van der Waals surface area contributed by atoms with Crippen molar-refractivity contribution in [3.05, 3.63) is 72.8 Å². The lowest BCUT2D eigenvalue weighted by Crippen LogP contribution is -2.23. The molecule has 5 aromatic rings. The number of imidazole rings is 1. The quantitative estimate of drug-likeness (QED) is 0.375. The van der Waals surface area contributed by atoms with Gasteiger partial charge < -0.3 is 19.4 Å². The predicted molar refractivity (Wildman–Crippen MR) is 133 cm³/mol. The monoisotopic (exact) mass is 466 g/mol. The lowest BCUT2D eigenvalue weighted by atomic mass is 10.1. The number of ether oxygens (including phenoxy) is 2. The van der Waals surface area contributed by atoms with Crippen molar-refractivity contribution in [3.8, 4) is 11.5 Å². The van der Waals surface area contributed by atoms with Crippen molar-refractivity contribution >= 4 is 45.2 Å². The van der Waals surface area contributed by atoms with E-state index in [1.807, 2.05) is 73.1 Å². The molecule has 2 aromatic heterocycles. The Morgan fingerprint density at radius 1 is 1.00 bits per heavy atom. The highest BCUT2D eigenvalue weighted by molar-refractivity contribution is 5.97. The normalized spacial score (nSPS) is 13.4. The van der Waals surface area contributed by atoms with Crippen LogP contribution in [0.4, 0.5) is 22.0 Å². The summed E-state index contributed by atoms with van der Waals surface area (Å²) in [4.78, 5) is 26.8. The van der Waals surface area contributed by atoms with Crippen molar-refractivity contribution < 1.29 is 14.3 Å². The number of rotatable bonds is 5. The van der Waals surface area contributed by atoms with Crippen LogP contribution in [0.1, 0.15) is 5.56 Å². The Kier molecular flexibility index (Phi) is 4.95. The average Bonchev–Trinajstić information content (AvgIpc) is 3.46. The molecule has 174 valence electrons. The van der Waals surface area contributed by atoms with E-state index in [-0.39, 0.29) is 6.09 Å². The zero-order valence-electron chi connectivity index (χ0n) is 19.2. The van der Waals surface area contributed by atoms with Crippen LogP contribution >= 0.6 is 0 Å². The summed E-state index contributed by atoms with van der Waals surface area (Å²) in [5, 5.41) is 4.19. The van der Waals surface area contributed by atoms with Crippen molar-refractivity contribution in [2.24, 2.45) is 7.05 Å². The molecule has 1 amide bonds. The van der Waals surface area contributed by atoms with E-state index < -0.39 is 0 Å². The van der Waals surface area contributed by atoms with Crippen LogP contribution in [0.15, 0.2) is 67.3 Å². The highest BCUT2D eigenvalue weighted by atomic mass is 16.6. The van der Waals surface area contributed by atoms with Gasteiger partial charge in [-0.15, -0.1) is 0 Å². The number of hydrogen-bond acceptors (Lipinski definition) is 7. The number of nitrogens with zero attached hydrogens (tertiary/aromatic N) is 5. The third kappa shape index (κ3) is 3.86. The minimum atomic E-state index is -0.343. The Labute approximate surface area is 201 Å². The maximum absolute atomic E-state index is 12.0. The number of hydrogen-bond donors (Lipinski definition) is 1. The van der Waals surface area contributed by atoms with E-state index in [0.717, 1.165) is 50.4 Å². The summed E-state index contributed by atoms with van der Waals surface area (Å²) in [6.07, 6.45) is 2.97. The van der Waals surface area contributed by atoms with Crippen LogP contribution in [-0.4, -0.2) is 38.8 Å². The number of nitrogens with one attached hydrogen (secondary N) is 1. The van der Waals surface area contributed by atoms with E-state index in [1.54, 1.807) is 11.2 Å². The molecule has 0 radical (unpaired) electrons. The van der Waals surface area contributed by atoms with Gasteiger partial charge >= 0.3 is 6.09 Å². The summed E-state index contributed by atoms with van der Waals surface area (Å²) in [6.45, 7) is 2.90. The van der Waals surface area contributed by atoms with Crippen molar-refractivity contribution in [2.75, 3.05) is 23.4 Å². The van der Waals surface area contributed by atoms with Crippen LogP contribution in [0, 0.1) is 6.92 Å². The van der Waals surface area contributed by atoms with Crippen molar-refractivity contribution in [2.45, 2.75) is 6.92 Å². The SMILES string of the molecule is Cc1cc(Nc2ncnc3ccc(N4CCOC4=O)cc23)ccc1Oc1ccc2c(c1)ncn2C. The summed E-state index contributed by atoms with van der Waals surface area (Å²) < 4.78 is 13.2. The average molecular weight is 467 g/mol. The number of carbonyl (C=O) groups excluding carboxylic acids is 1. The van der Waals surface area contributed by atoms with Gasteiger partial charge in [0.15, 0.2) is 0 Å². The van der Waals surface area contributed by atoms with Crippen molar-refractivity contribution in [1.29, 1.82) is 0 Å². The Bertz CT molecular complexity index is 1600. The maximum atomic E-state index is 12.0. The molecule has 0 aliphatic carbocycles. The van der Waals surface area contributed by atoms with Gasteiger partial charge in [0.05, 0.1) is 29.4 Å². The number of fused-ring (bicyclic) bond motifs is 2. The lowest BCUT2D eigenvalue weighted by molar-refractivity contribution is 0.181. The second-order valence-electron chi connectivity index (χ2n) is 8.40. The summed E-state index contributed by atoms with van der Waals surface area (Å²) >= 11 is 0. The molecule has 1 N–H and O–H groups in total. The fourth-order valence-electron chi connectivity index (χ4n) is 4.22. The standard InChI is InChI=1S/C26H22N6O3/c1-16-11-17(3-8-24(16)35-19-5-7-23-22(13-19)29-15-31(23)2)30-25-20-12-18(32-9-10-34-26(32)33)4-6-21(20)27-14-28-25/h3-8,11-15H,9-10H2,1-2H3,(H,27,28,30). The molecule has 9 heteroatoms. The summed E-state index contributed by atoms with van der Waals surface area (Å²) in [5.41, 5.74) is 5.30. The lowest BCUT2D eigenvalue weighted by Gasteiger charge is -2.15. The molecule has 3 aromatic carbocycles. The highest BCUT2D eigenvalue weighted by Crippen LogP contribution is 2.32. The number of aromatic nitrogens is 4. The molecule has 1 aliphatic rings. The molecule has 6 rings (SSSR count). The molecular formula is C26H22N6O3. The second-order valence-corrected chi connectivity index (χ2v) is 8.40. The Morgan fingerprint density at radius 3 is 2.74 bits per heavy atom. The van der Waals surface area contributed by atoms with Gasteiger partial charge in [0.25, 0.3) is 0 Å². The van der Waals surface area contributed by atoms with Gasteiger partial charge in [-0.3, -0.25) is 4.90 Å². The first-order chi connectivity index (χ1) is 17.0. The third-order valence-corrected chi connectivity index (χ3v) is 6.05. The van der Waals surface area contributed by atoms with Crippen LogP contribution < -0.4 is 15.0 Å². The summed E-state index contributed by atoms with van der Waals surface area (Å²) in [6, 6.07) is 17.4. The molecule has 1 aliphatic heterocycles. The zero-order chi connectivity index (χ0) is 23.9. The fourth-order valence-corrected chi connectivity index (χ4v) is 4.22. The van der Waals surface area contributed by atoms with Gasteiger partial charge in [0.2, 0.25) is 0 Å². The first-order valence-electron chi connectivity index (χ1n) is 11.2. The predicted octanol–water partition coefficient (Wildman–Crippen LogP) is 5.32. The smallest absolute Gasteiger partial charge is 0.414 e. The number of aryl methyl sites for hydroxylation is 2. The number of carbonyl (C=O) groups is 1. The van der Waals surface area contributed by atoms with Gasteiger partial charge in [0, 0.05) is 29.9 Å². The van der Waals surface area contributed by atoms with Crippen LogP contribution in [0.2, 0.25) is 0 Å². The molecule has 0 unspecified atom stereocenters. The van der Waals surface area contributed by atoms with Gasteiger partial charge in [-0.2, -0.15) is 0 Å². The molecule has 0 spiro atoms. The van der Waals surface area contributed by atoms with E-state index >= 15 is 0 Å². The van der Waals surface area contributed by atoms with Crippen LogP contribution in [0.5, 0.6) is 11.5 Å². The molecule has 0 bridgehead atoms. The Morgan fingerprint density at radius 2 is 1.91 bits per heavy atom. The molecule has 3 heterocycles. The third-order valence-electron chi connectivity index (χ3n) is 6.05. The molecule has 0 atom stereocenters. The van der Waals surface area contributed by atoms with E-state index in [2.05, 4.69) is 20.3 Å². The van der Waals surface area contributed by atoms with E-state index in [9.17, 15) is 4.79 Å². The number of benzene rings is 3. The minimum absolute atomic E-state index is 0.343. The minimum Gasteiger partial charge on any atom is -0.457 e. The number of anilines is 3. The van der Waals surface area contributed by atoms with Crippen molar-refractivity contribution in [3.63, 3.8) is 0 Å². The van der Waals surface area contributed by atoms with E-state index in [4.69, 9.17) is 9.47 Å². The van der Waals surface area contributed by atoms with Gasteiger partial charge in [-0.1, -0.05) is 0 Å². The molecule has 1 saturated heterocycles. The fraction of sp³-hybridized carbons (Fsp3) is 0.154. The largest absolute Gasteiger partial charge is 0.457 e. The Balaban J connectivity index is 1.26. The number of amides is 1. The van der Waals surface area contributed by atoms with Crippen molar-refractivity contribution in [1.82, 2.24) is 19.5 Å². The van der Waals surface area contributed by atoms with Gasteiger partial charge in [0.1, 0.15) is 30.3 Å². The maximum Gasteiger partial charge on any atom is 0.414 e. The van der Waals surface area contributed by atoms with Gasteiger partial charge in [-0.25, -0.2) is 19.7 Å².